The van der Waals surface area contributed by atoms with Crippen LogP contribution in [0.5, 0.6) is 11.5 Å². The standard InChI is InChI=1S/C27H24O8/c1-16(2)33-25(29)20-9-12-22(13-10-20)34-27(31)21-11-14-23(17(3)15-21)35-26(30)19-7-5-18(6-8-19)24(28)32-4/h5-16H,1-4H3. The highest BCUT2D eigenvalue weighted by Gasteiger charge is 2.16. The van der Waals surface area contributed by atoms with E-state index in [2.05, 4.69) is 4.74 Å². The minimum Gasteiger partial charge on any atom is -0.465 e. The highest BCUT2D eigenvalue weighted by atomic mass is 16.5. The van der Waals surface area contributed by atoms with Crippen LogP contribution in [0.25, 0.3) is 0 Å². The third kappa shape index (κ3) is 6.54. The average molecular weight is 476 g/mol. The lowest BCUT2D eigenvalue weighted by molar-refractivity contribution is 0.0377. The maximum absolute atomic E-state index is 12.5. The van der Waals surface area contributed by atoms with Crippen LogP contribution >= 0.6 is 0 Å². The SMILES string of the molecule is COC(=O)c1ccc(C(=O)Oc2ccc(C(=O)Oc3ccc(C(=O)OC(C)C)cc3)cc2C)cc1. The summed E-state index contributed by atoms with van der Waals surface area (Å²) in [5, 5.41) is 0. The lowest BCUT2D eigenvalue weighted by atomic mass is 10.1. The van der Waals surface area contributed by atoms with Gasteiger partial charge in [0.25, 0.3) is 0 Å². The van der Waals surface area contributed by atoms with Crippen LogP contribution in [0.3, 0.4) is 0 Å². The fourth-order valence-electron chi connectivity index (χ4n) is 3.02. The van der Waals surface area contributed by atoms with Gasteiger partial charge in [-0.2, -0.15) is 0 Å². The summed E-state index contributed by atoms with van der Waals surface area (Å²) in [4.78, 5) is 48.4. The molecule has 0 atom stereocenters. The first-order valence-electron chi connectivity index (χ1n) is 10.7. The van der Waals surface area contributed by atoms with Crippen molar-refractivity contribution < 1.29 is 38.1 Å². The van der Waals surface area contributed by atoms with Crippen molar-refractivity contribution in [3.63, 3.8) is 0 Å². The van der Waals surface area contributed by atoms with Gasteiger partial charge >= 0.3 is 23.9 Å². The number of aryl methyl sites for hydroxylation is 1. The summed E-state index contributed by atoms with van der Waals surface area (Å²) in [6.07, 6.45) is -0.238. The molecule has 3 aromatic rings. The fraction of sp³-hybridized carbons (Fsp3) is 0.185. The van der Waals surface area contributed by atoms with Crippen molar-refractivity contribution in [2.24, 2.45) is 0 Å². The van der Waals surface area contributed by atoms with Crippen LogP contribution in [0.15, 0.2) is 66.7 Å². The Kier molecular flexibility index (Phi) is 7.99. The molecule has 3 aromatic carbocycles. The molecule has 0 bridgehead atoms. The van der Waals surface area contributed by atoms with E-state index in [1.165, 1.54) is 67.8 Å². The van der Waals surface area contributed by atoms with Crippen LogP contribution in [0, 0.1) is 6.92 Å². The molecule has 0 spiro atoms. The van der Waals surface area contributed by atoms with Gasteiger partial charge in [0.1, 0.15) is 11.5 Å². The Morgan fingerprint density at radius 1 is 0.629 bits per heavy atom. The number of ether oxygens (including phenoxy) is 4. The monoisotopic (exact) mass is 476 g/mol. The highest BCUT2D eigenvalue weighted by Crippen LogP contribution is 2.22. The van der Waals surface area contributed by atoms with E-state index in [4.69, 9.17) is 14.2 Å². The van der Waals surface area contributed by atoms with E-state index >= 15 is 0 Å². The zero-order valence-corrected chi connectivity index (χ0v) is 19.7. The van der Waals surface area contributed by atoms with E-state index in [1.807, 2.05) is 0 Å². The van der Waals surface area contributed by atoms with Crippen molar-refractivity contribution in [1.29, 1.82) is 0 Å². The summed E-state index contributed by atoms with van der Waals surface area (Å²) >= 11 is 0. The van der Waals surface area contributed by atoms with Crippen molar-refractivity contribution in [2.75, 3.05) is 7.11 Å². The minimum absolute atomic E-state index is 0.238. The van der Waals surface area contributed by atoms with Crippen LogP contribution in [-0.2, 0) is 9.47 Å². The molecular weight excluding hydrogens is 452 g/mol. The van der Waals surface area contributed by atoms with Gasteiger partial charge in [0.15, 0.2) is 0 Å². The lowest BCUT2D eigenvalue weighted by Crippen LogP contribution is -2.12. The minimum atomic E-state index is -0.615. The predicted molar refractivity (Wildman–Crippen MR) is 126 cm³/mol. The number of rotatable bonds is 7. The summed E-state index contributed by atoms with van der Waals surface area (Å²) in [6.45, 7) is 5.20. The van der Waals surface area contributed by atoms with Gasteiger partial charge in [0.2, 0.25) is 0 Å². The normalized spacial score (nSPS) is 10.4. The molecule has 0 aliphatic heterocycles. The first kappa shape index (κ1) is 25.2. The third-order valence-corrected chi connectivity index (χ3v) is 4.80. The largest absolute Gasteiger partial charge is 0.465 e. The summed E-state index contributed by atoms with van der Waals surface area (Å²) in [5.41, 5.74) is 1.72. The quantitative estimate of drug-likeness (QED) is 0.354. The number of hydrogen-bond acceptors (Lipinski definition) is 8. The van der Waals surface area contributed by atoms with Gasteiger partial charge < -0.3 is 18.9 Å². The molecule has 0 N–H and O–H groups in total. The predicted octanol–water partition coefficient (Wildman–Crippen LogP) is 4.79. The summed E-state index contributed by atoms with van der Waals surface area (Å²) in [6, 6.07) is 16.4. The highest BCUT2D eigenvalue weighted by molar-refractivity contribution is 5.95. The molecule has 0 amide bonds. The number of benzene rings is 3. The van der Waals surface area contributed by atoms with Gasteiger partial charge in [-0.3, -0.25) is 0 Å². The Hall–Kier alpha value is -4.46. The van der Waals surface area contributed by atoms with Gasteiger partial charge in [0.05, 0.1) is 35.5 Å². The second-order valence-electron chi connectivity index (χ2n) is 7.81. The number of hydrogen-bond donors (Lipinski definition) is 0. The van der Waals surface area contributed by atoms with E-state index in [0.717, 1.165) is 0 Å². The molecule has 0 aliphatic rings. The molecule has 0 heterocycles. The molecule has 35 heavy (non-hydrogen) atoms. The maximum Gasteiger partial charge on any atom is 0.343 e. The average Bonchev–Trinajstić information content (AvgIpc) is 2.84. The van der Waals surface area contributed by atoms with Crippen molar-refractivity contribution in [2.45, 2.75) is 26.9 Å². The van der Waals surface area contributed by atoms with Crippen molar-refractivity contribution in [3.05, 3.63) is 94.5 Å². The van der Waals surface area contributed by atoms with Crippen LogP contribution in [0.2, 0.25) is 0 Å². The molecular formula is C27H24O8. The van der Waals surface area contributed by atoms with Gasteiger partial charge in [-0.05, 0) is 93.1 Å². The molecule has 0 aliphatic carbocycles. The Balaban J connectivity index is 1.64. The molecule has 0 aromatic heterocycles. The first-order valence-corrected chi connectivity index (χ1v) is 10.7. The molecule has 0 unspecified atom stereocenters. The van der Waals surface area contributed by atoms with Crippen molar-refractivity contribution in [3.8, 4) is 11.5 Å². The van der Waals surface area contributed by atoms with E-state index in [1.54, 1.807) is 26.8 Å². The Morgan fingerprint density at radius 3 is 1.66 bits per heavy atom. The summed E-state index contributed by atoms with van der Waals surface area (Å²) < 4.78 is 20.5. The molecule has 0 saturated carbocycles. The van der Waals surface area contributed by atoms with Crippen LogP contribution in [0.4, 0.5) is 0 Å². The first-order chi connectivity index (χ1) is 16.7. The van der Waals surface area contributed by atoms with Gasteiger partial charge in [-0.25, -0.2) is 19.2 Å². The second-order valence-corrected chi connectivity index (χ2v) is 7.81. The zero-order valence-electron chi connectivity index (χ0n) is 19.7. The Labute approximate surface area is 202 Å². The van der Waals surface area contributed by atoms with Crippen LogP contribution in [-0.4, -0.2) is 37.1 Å². The number of carbonyl (C=O) groups is 4. The van der Waals surface area contributed by atoms with E-state index in [9.17, 15) is 19.2 Å². The number of esters is 4. The van der Waals surface area contributed by atoms with E-state index in [0.29, 0.717) is 16.7 Å². The number of methoxy groups -OCH3 is 1. The summed E-state index contributed by atoms with van der Waals surface area (Å²) in [5.74, 6) is -1.65. The van der Waals surface area contributed by atoms with Gasteiger partial charge in [0, 0.05) is 0 Å². The van der Waals surface area contributed by atoms with Crippen molar-refractivity contribution in [1.82, 2.24) is 0 Å². The smallest absolute Gasteiger partial charge is 0.343 e. The zero-order chi connectivity index (χ0) is 25.5. The molecule has 8 heteroatoms. The topological polar surface area (TPSA) is 105 Å². The summed E-state index contributed by atoms with van der Waals surface area (Å²) in [7, 11) is 1.27. The van der Waals surface area contributed by atoms with E-state index in [-0.39, 0.29) is 28.7 Å². The van der Waals surface area contributed by atoms with Crippen LogP contribution in [0.1, 0.15) is 60.8 Å². The second kappa shape index (κ2) is 11.1. The van der Waals surface area contributed by atoms with Gasteiger partial charge in [-0.1, -0.05) is 0 Å². The third-order valence-electron chi connectivity index (χ3n) is 4.80. The van der Waals surface area contributed by atoms with Crippen molar-refractivity contribution >= 4 is 23.9 Å². The van der Waals surface area contributed by atoms with Crippen LogP contribution < -0.4 is 9.47 Å². The molecule has 180 valence electrons. The molecule has 0 radical (unpaired) electrons. The van der Waals surface area contributed by atoms with Gasteiger partial charge in [-0.15, -0.1) is 0 Å². The number of carbonyl (C=O) groups excluding carboxylic acids is 4. The maximum atomic E-state index is 12.5. The van der Waals surface area contributed by atoms with E-state index < -0.39 is 23.9 Å². The fourth-order valence-corrected chi connectivity index (χ4v) is 3.02. The lowest BCUT2D eigenvalue weighted by Gasteiger charge is -2.10. The molecule has 3 rings (SSSR count). The Morgan fingerprint density at radius 2 is 1.11 bits per heavy atom. The molecule has 0 saturated heterocycles. The Bertz CT molecular complexity index is 1240. The molecule has 8 nitrogen and oxygen atoms in total. The molecule has 0 fully saturated rings.